The highest BCUT2D eigenvalue weighted by Crippen LogP contribution is 2.31. The molecule has 0 fully saturated rings. The fraction of sp³-hybridized carbons (Fsp3) is 0.571. The molecule has 0 radical (unpaired) electrons. The molecule has 102 valence electrons. The molecule has 0 bridgehead atoms. The van der Waals surface area contributed by atoms with Gasteiger partial charge in [0.05, 0.1) is 5.02 Å². The summed E-state index contributed by atoms with van der Waals surface area (Å²) in [5, 5.41) is 14.1. The molecule has 1 aromatic carbocycles. The smallest absolute Gasteiger partial charge is 0.138 e. The molecule has 0 saturated carbocycles. The summed E-state index contributed by atoms with van der Waals surface area (Å²) in [6.45, 7) is 7.13. The van der Waals surface area contributed by atoms with Crippen LogP contribution in [0.2, 0.25) is 10.0 Å². The Balaban J connectivity index is 2.69. The quantitative estimate of drug-likeness (QED) is 0.801. The molecule has 0 aliphatic carbocycles. The number of phenolic OH excluding ortho intramolecular Hbond substituents is 1. The van der Waals surface area contributed by atoms with Gasteiger partial charge < -0.3 is 10.4 Å². The zero-order valence-corrected chi connectivity index (χ0v) is 12.6. The lowest BCUT2D eigenvalue weighted by molar-refractivity contribution is 0.350. The minimum atomic E-state index is 0.116. The van der Waals surface area contributed by atoms with E-state index in [1.807, 2.05) is 0 Å². The molecular weight excluding hydrogens is 269 g/mol. The van der Waals surface area contributed by atoms with Crippen molar-refractivity contribution in [1.82, 2.24) is 5.32 Å². The molecule has 0 saturated heterocycles. The van der Waals surface area contributed by atoms with E-state index in [9.17, 15) is 5.11 Å². The van der Waals surface area contributed by atoms with E-state index in [2.05, 4.69) is 26.1 Å². The SMILES string of the molecule is CCC(CC)C(C)NCc1cc(Cl)cc(Cl)c1O. The highest BCUT2D eigenvalue weighted by molar-refractivity contribution is 6.35. The summed E-state index contributed by atoms with van der Waals surface area (Å²) in [4.78, 5) is 0. The molecule has 18 heavy (non-hydrogen) atoms. The number of nitrogens with one attached hydrogen (secondary N) is 1. The highest BCUT2D eigenvalue weighted by Gasteiger charge is 2.14. The maximum Gasteiger partial charge on any atom is 0.138 e. The van der Waals surface area contributed by atoms with Gasteiger partial charge >= 0.3 is 0 Å². The first-order chi connectivity index (χ1) is 8.49. The Hall–Kier alpha value is -0.440. The summed E-state index contributed by atoms with van der Waals surface area (Å²) < 4.78 is 0. The van der Waals surface area contributed by atoms with E-state index in [0.29, 0.717) is 28.5 Å². The average Bonchev–Trinajstić information content (AvgIpc) is 2.33. The van der Waals surface area contributed by atoms with E-state index in [1.165, 1.54) is 0 Å². The molecule has 1 rings (SSSR count). The Bertz CT molecular complexity index is 392. The third kappa shape index (κ3) is 4.04. The summed E-state index contributed by atoms with van der Waals surface area (Å²) in [7, 11) is 0. The van der Waals surface area contributed by atoms with Gasteiger partial charge in [0.2, 0.25) is 0 Å². The van der Waals surface area contributed by atoms with E-state index in [-0.39, 0.29) is 5.75 Å². The third-order valence-corrected chi connectivity index (χ3v) is 3.98. The average molecular weight is 290 g/mol. The maximum atomic E-state index is 9.86. The lowest BCUT2D eigenvalue weighted by Gasteiger charge is -2.23. The number of hydrogen-bond acceptors (Lipinski definition) is 2. The van der Waals surface area contributed by atoms with Gasteiger partial charge in [-0.3, -0.25) is 0 Å². The molecule has 0 spiro atoms. The molecule has 0 aliphatic rings. The number of aromatic hydroxyl groups is 1. The van der Waals surface area contributed by atoms with Gasteiger partial charge in [-0.05, 0) is 25.0 Å². The van der Waals surface area contributed by atoms with Crippen LogP contribution < -0.4 is 5.32 Å². The monoisotopic (exact) mass is 289 g/mol. The molecule has 0 heterocycles. The van der Waals surface area contributed by atoms with Gasteiger partial charge in [-0.15, -0.1) is 0 Å². The van der Waals surface area contributed by atoms with Crippen LogP contribution >= 0.6 is 23.2 Å². The topological polar surface area (TPSA) is 32.3 Å². The van der Waals surface area contributed by atoms with Crippen molar-refractivity contribution in [3.05, 3.63) is 27.7 Å². The number of hydrogen-bond donors (Lipinski definition) is 2. The fourth-order valence-electron chi connectivity index (χ4n) is 2.19. The molecule has 2 N–H and O–H groups in total. The van der Waals surface area contributed by atoms with Crippen LogP contribution in [-0.2, 0) is 6.54 Å². The van der Waals surface area contributed by atoms with Crippen LogP contribution in [-0.4, -0.2) is 11.1 Å². The van der Waals surface area contributed by atoms with Crippen LogP contribution in [0.4, 0.5) is 0 Å². The molecule has 0 aromatic heterocycles. The first kappa shape index (κ1) is 15.6. The number of rotatable bonds is 6. The normalized spacial score (nSPS) is 13.0. The van der Waals surface area contributed by atoms with Crippen LogP contribution in [0.15, 0.2) is 12.1 Å². The van der Waals surface area contributed by atoms with Gasteiger partial charge in [-0.2, -0.15) is 0 Å². The van der Waals surface area contributed by atoms with Gasteiger partial charge in [0, 0.05) is 23.2 Å². The Morgan fingerprint density at radius 1 is 1.22 bits per heavy atom. The molecular formula is C14H21Cl2NO. The molecule has 1 atom stereocenters. The predicted molar refractivity (Wildman–Crippen MR) is 78.5 cm³/mol. The zero-order chi connectivity index (χ0) is 13.7. The molecule has 0 amide bonds. The van der Waals surface area contributed by atoms with Crippen molar-refractivity contribution in [2.75, 3.05) is 0 Å². The third-order valence-electron chi connectivity index (χ3n) is 3.48. The summed E-state index contributed by atoms with van der Waals surface area (Å²) in [5.74, 6) is 0.757. The standard InChI is InChI=1S/C14H21Cl2NO/c1-4-10(5-2)9(3)17-8-11-6-12(15)7-13(16)14(11)18/h6-7,9-10,17-18H,4-5,8H2,1-3H3. The van der Waals surface area contributed by atoms with E-state index in [4.69, 9.17) is 23.2 Å². The summed E-state index contributed by atoms with van der Waals surface area (Å²) in [6, 6.07) is 3.69. The van der Waals surface area contributed by atoms with Crippen molar-refractivity contribution in [1.29, 1.82) is 0 Å². The molecule has 2 nitrogen and oxygen atoms in total. The van der Waals surface area contributed by atoms with E-state index >= 15 is 0 Å². The van der Waals surface area contributed by atoms with Crippen LogP contribution in [0.5, 0.6) is 5.75 Å². The molecule has 1 unspecified atom stereocenters. The Morgan fingerprint density at radius 2 is 1.83 bits per heavy atom. The second-order valence-electron chi connectivity index (χ2n) is 4.64. The first-order valence-electron chi connectivity index (χ1n) is 6.39. The van der Waals surface area contributed by atoms with Crippen molar-refractivity contribution >= 4 is 23.2 Å². The van der Waals surface area contributed by atoms with Gasteiger partial charge in [0.15, 0.2) is 0 Å². The van der Waals surface area contributed by atoms with Crippen LogP contribution in [0.25, 0.3) is 0 Å². The Labute approximate surface area is 119 Å². The minimum absolute atomic E-state index is 0.116. The second kappa shape index (κ2) is 7.22. The van der Waals surface area contributed by atoms with Crippen LogP contribution in [0.3, 0.4) is 0 Å². The zero-order valence-electron chi connectivity index (χ0n) is 11.1. The Morgan fingerprint density at radius 3 is 2.39 bits per heavy atom. The van der Waals surface area contributed by atoms with Crippen molar-refractivity contribution in [2.45, 2.75) is 46.2 Å². The summed E-state index contributed by atoms with van der Waals surface area (Å²) >= 11 is 11.8. The second-order valence-corrected chi connectivity index (χ2v) is 5.49. The van der Waals surface area contributed by atoms with E-state index in [1.54, 1.807) is 12.1 Å². The van der Waals surface area contributed by atoms with E-state index in [0.717, 1.165) is 18.4 Å². The summed E-state index contributed by atoms with van der Waals surface area (Å²) in [5.41, 5.74) is 0.741. The maximum absolute atomic E-state index is 9.86. The number of halogens is 2. The van der Waals surface area contributed by atoms with Gasteiger partial charge in [-0.1, -0.05) is 49.9 Å². The first-order valence-corrected chi connectivity index (χ1v) is 7.15. The minimum Gasteiger partial charge on any atom is -0.506 e. The van der Waals surface area contributed by atoms with Gasteiger partial charge in [0.25, 0.3) is 0 Å². The van der Waals surface area contributed by atoms with Crippen molar-refractivity contribution in [2.24, 2.45) is 5.92 Å². The molecule has 1 aromatic rings. The molecule has 0 aliphatic heterocycles. The van der Waals surface area contributed by atoms with Gasteiger partial charge in [-0.25, -0.2) is 0 Å². The Kier molecular flexibility index (Phi) is 6.27. The van der Waals surface area contributed by atoms with Crippen LogP contribution in [0.1, 0.15) is 39.2 Å². The van der Waals surface area contributed by atoms with Crippen molar-refractivity contribution in [3.8, 4) is 5.75 Å². The lowest BCUT2D eigenvalue weighted by Crippen LogP contribution is -2.32. The van der Waals surface area contributed by atoms with Crippen LogP contribution in [0, 0.1) is 5.92 Å². The van der Waals surface area contributed by atoms with Crippen molar-refractivity contribution in [3.63, 3.8) is 0 Å². The number of benzene rings is 1. The number of phenols is 1. The largest absolute Gasteiger partial charge is 0.506 e. The van der Waals surface area contributed by atoms with Crippen molar-refractivity contribution < 1.29 is 5.11 Å². The lowest BCUT2D eigenvalue weighted by atomic mass is 9.95. The highest BCUT2D eigenvalue weighted by atomic mass is 35.5. The fourth-order valence-corrected chi connectivity index (χ4v) is 2.72. The van der Waals surface area contributed by atoms with E-state index < -0.39 is 0 Å². The summed E-state index contributed by atoms with van der Waals surface area (Å²) in [6.07, 6.45) is 2.29. The molecule has 4 heteroatoms. The predicted octanol–water partition coefficient (Wildman–Crippen LogP) is 4.61. The van der Waals surface area contributed by atoms with Gasteiger partial charge in [0.1, 0.15) is 5.75 Å².